The summed E-state index contributed by atoms with van der Waals surface area (Å²) in [5, 5.41) is 2.59. The van der Waals surface area contributed by atoms with Crippen molar-refractivity contribution >= 4 is 55.4 Å². The highest BCUT2D eigenvalue weighted by atomic mass is 79.9. The third kappa shape index (κ3) is 4.36. The van der Waals surface area contributed by atoms with Gasteiger partial charge in [-0.25, -0.2) is 4.79 Å². The van der Waals surface area contributed by atoms with Crippen LogP contribution in [0, 0.1) is 0 Å². The van der Waals surface area contributed by atoms with Gasteiger partial charge in [-0.3, -0.25) is 5.32 Å². The van der Waals surface area contributed by atoms with E-state index in [1.165, 1.54) is 28.8 Å². The molecule has 0 bridgehead atoms. The van der Waals surface area contributed by atoms with Crippen LogP contribution in [-0.4, -0.2) is 18.2 Å². The molecule has 1 aliphatic heterocycles. The van der Waals surface area contributed by atoms with Crippen LogP contribution in [0.4, 0.5) is 23.7 Å². The minimum Gasteiger partial charge on any atom is -0.450 e. The predicted octanol–water partition coefficient (Wildman–Crippen LogP) is 5.20. The van der Waals surface area contributed by atoms with Crippen LogP contribution in [0.2, 0.25) is 0 Å². The smallest absolute Gasteiger partial charge is 0.416 e. The molecule has 0 saturated carbocycles. The van der Waals surface area contributed by atoms with Gasteiger partial charge in [0.1, 0.15) is 4.61 Å². The molecular formula is C13H11Br2F3N2O2S. The molecule has 126 valence electrons. The molecule has 10 heteroatoms. The van der Waals surface area contributed by atoms with Crippen molar-refractivity contribution in [1.82, 2.24) is 5.32 Å². The highest BCUT2D eigenvalue weighted by Gasteiger charge is 2.35. The summed E-state index contributed by atoms with van der Waals surface area (Å²) in [6, 6.07) is 4.86. The van der Waals surface area contributed by atoms with Gasteiger partial charge in [0.25, 0.3) is 0 Å². The second-order valence-electron chi connectivity index (χ2n) is 4.32. The third-order valence-corrected chi connectivity index (χ3v) is 6.25. The number of thioether (sulfide) groups is 1. The quantitative estimate of drug-likeness (QED) is 0.609. The van der Waals surface area contributed by atoms with E-state index < -0.39 is 23.3 Å². The average molecular weight is 476 g/mol. The van der Waals surface area contributed by atoms with Crippen LogP contribution in [0.3, 0.4) is 0 Å². The van der Waals surface area contributed by atoms with E-state index in [-0.39, 0.29) is 12.3 Å². The van der Waals surface area contributed by atoms with Gasteiger partial charge < -0.3 is 9.64 Å². The lowest BCUT2D eigenvalue weighted by Gasteiger charge is -2.27. The van der Waals surface area contributed by atoms with Crippen LogP contribution >= 0.6 is 43.6 Å². The summed E-state index contributed by atoms with van der Waals surface area (Å²) in [7, 11) is 0. The summed E-state index contributed by atoms with van der Waals surface area (Å²) in [4.78, 5) is 13.1. The fourth-order valence-corrected chi connectivity index (χ4v) is 4.27. The zero-order valence-electron chi connectivity index (χ0n) is 11.7. The fraction of sp³-hybridized carbons (Fsp3) is 0.308. The molecule has 1 heterocycles. The lowest BCUT2D eigenvalue weighted by molar-refractivity contribution is -0.137. The van der Waals surface area contributed by atoms with Crippen LogP contribution in [0.25, 0.3) is 0 Å². The summed E-state index contributed by atoms with van der Waals surface area (Å²) in [6.07, 6.45) is -5.09. The topological polar surface area (TPSA) is 41.6 Å². The Balaban J connectivity index is 2.31. The Morgan fingerprint density at radius 2 is 2.13 bits per heavy atom. The second kappa shape index (κ2) is 7.35. The first kappa shape index (κ1) is 18.5. The van der Waals surface area contributed by atoms with Crippen molar-refractivity contribution in [2.45, 2.75) is 18.6 Å². The predicted molar refractivity (Wildman–Crippen MR) is 90.3 cm³/mol. The zero-order valence-corrected chi connectivity index (χ0v) is 15.6. The number of nitrogens with zero attached hydrogens (tertiary/aromatic N) is 1. The molecule has 0 aromatic heterocycles. The average Bonchev–Trinajstić information content (AvgIpc) is 2.73. The van der Waals surface area contributed by atoms with Gasteiger partial charge in [-0.1, -0.05) is 17.8 Å². The number of ether oxygens (including phenoxy) is 1. The van der Waals surface area contributed by atoms with E-state index in [1.54, 1.807) is 6.92 Å². The molecule has 1 atom stereocenters. The van der Waals surface area contributed by atoms with Crippen molar-refractivity contribution in [2.75, 3.05) is 11.5 Å². The molecule has 1 unspecified atom stereocenters. The number of hydrogen-bond donors (Lipinski definition) is 1. The largest absolute Gasteiger partial charge is 0.450 e. The van der Waals surface area contributed by atoms with Gasteiger partial charge in [-0.2, -0.15) is 13.2 Å². The van der Waals surface area contributed by atoms with Crippen LogP contribution < -0.4 is 10.2 Å². The molecule has 1 amide bonds. The maximum Gasteiger partial charge on any atom is 0.416 e. The number of nitrogens with one attached hydrogen (secondary N) is 1. The van der Waals surface area contributed by atoms with Crippen molar-refractivity contribution in [3.05, 3.63) is 38.2 Å². The van der Waals surface area contributed by atoms with E-state index in [1.807, 2.05) is 0 Å². The minimum atomic E-state index is -4.44. The standard InChI is InChI=1S/C13H11Br2F3N2O2S/c1-2-22-12(21)19-11-20(9(14)10(15)23-11)8-5-3-4-7(6-8)13(16,17)18/h3-6,11H,2H2,1H3,(H,19,21). The zero-order chi connectivity index (χ0) is 17.2. The second-order valence-corrected chi connectivity index (χ2v) is 7.48. The summed E-state index contributed by atoms with van der Waals surface area (Å²) in [6.45, 7) is 1.86. The molecule has 0 spiro atoms. The Labute approximate surface area is 151 Å². The Morgan fingerprint density at radius 1 is 1.43 bits per heavy atom. The summed E-state index contributed by atoms with van der Waals surface area (Å²) in [5.74, 6) is 0. The summed E-state index contributed by atoms with van der Waals surface area (Å²) in [5.41, 5.74) is -1.12. The highest BCUT2D eigenvalue weighted by molar-refractivity contribution is 9.15. The number of carbonyl (C=O) groups is 1. The number of alkyl carbamates (subject to hydrolysis) is 1. The normalized spacial score (nSPS) is 18.3. The van der Waals surface area contributed by atoms with Crippen LogP contribution in [0.15, 0.2) is 32.7 Å². The monoisotopic (exact) mass is 474 g/mol. The van der Waals surface area contributed by atoms with Gasteiger partial charge in [0.2, 0.25) is 0 Å². The fourth-order valence-electron chi connectivity index (χ4n) is 1.85. The van der Waals surface area contributed by atoms with Crippen molar-refractivity contribution in [1.29, 1.82) is 0 Å². The first-order chi connectivity index (χ1) is 10.7. The van der Waals surface area contributed by atoms with Crippen molar-refractivity contribution in [2.24, 2.45) is 0 Å². The Morgan fingerprint density at radius 3 is 2.74 bits per heavy atom. The van der Waals surface area contributed by atoms with Crippen molar-refractivity contribution in [3.8, 4) is 0 Å². The van der Waals surface area contributed by atoms with Crippen LogP contribution in [-0.2, 0) is 10.9 Å². The number of alkyl halides is 3. The highest BCUT2D eigenvalue weighted by Crippen LogP contribution is 2.46. The van der Waals surface area contributed by atoms with Crippen molar-refractivity contribution < 1.29 is 22.7 Å². The Hall–Kier alpha value is -0.870. The van der Waals surface area contributed by atoms with E-state index in [9.17, 15) is 18.0 Å². The van der Waals surface area contributed by atoms with E-state index in [2.05, 4.69) is 37.2 Å². The number of halogens is 5. The molecule has 1 aromatic carbocycles. The van der Waals surface area contributed by atoms with Gasteiger partial charge in [-0.05, 0) is 57.0 Å². The van der Waals surface area contributed by atoms with E-state index in [0.29, 0.717) is 8.42 Å². The van der Waals surface area contributed by atoms with Crippen LogP contribution in [0.1, 0.15) is 12.5 Å². The maximum absolute atomic E-state index is 12.9. The Kier molecular flexibility index (Phi) is 5.90. The molecule has 0 aliphatic carbocycles. The first-order valence-electron chi connectivity index (χ1n) is 6.35. The van der Waals surface area contributed by atoms with Gasteiger partial charge in [0.15, 0.2) is 5.50 Å². The van der Waals surface area contributed by atoms with Gasteiger partial charge in [0, 0.05) is 5.69 Å². The number of hydrogen-bond acceptors (Lipinski definition) is 4. The molecular weight excluding hydrogens is 465 g/mol. The van der Waals surface area contributed by atoms with E-state index in [4.69, 9.17) is 4.74 Å². The SMILES string of the molecule is CCOC(=O)NC1SC(Br)=C(Br)N1c1cccc(C(F)(F)F)c1. The first-order valence-corrected chi connectivity index (χ1v) is 8.82. The number of amides is 1. The maximum atomic E-state index is 12.9. The molecule has 0 fully saturated rings. The molecule has 1 aromatic rings. The molecule has 0 radical (unpaired) electrons. The summed E-state index contributed by atoms with van der Waals surface area (Å²) >= 11 is 7.85. The van der Waals surface area contributed by atoms with Crippen LogP contribution in [0.5, 0.6) is 0 Å². The van der Waals surface area contributed by atoms with E-state index >= 15 is 0 Å². The molecule has 1 aliphatic rings. The lowest BCUT2D eigenvalue weighted by atomic mass is 10.2. The van der Waals surface area contributed by atoms with Crippen molar-refractivity contribution in [3.63, 3.8) is 0 Å². The van der Waals surface area contributed by atoms with Gasteiger partial charge in [-0.15, -0.1) is 0 Å². The molecule has 4 nitrogen and oxygen atoms in total. The molecule has 23 heavy (non-hydrogen) atoms. The van der Waals surface area contributed by atoms with Gasteiger partial charge in [0.05, 0.1) is 16.0 Å². The molecule has 2 rings (SSSR count). The molecule has 1 N–H and O–H groups in total. The number of anilines is 1. The molecule has 0 saturated heterocycles. The summed E-state index contributed by atoms with van der Waals surface area (Å²) < 4.78 is 44.7. The number of benzene rings is 1. The minimum absolute atomic E-state index is 0.197. The number of rotatable bonds is 3. The lowest BCUT2D eigenvalue weighted by Crippen LogP contribution is -2.42. The number of carbonyl (C=O) groups excluding carboxylic acids is 1. The third-order valence-electron chi connectivity index (χ3n) is 2.79. The Bertz CT molecular complexity index is 640. The van der Waals surface area contributed by atoms with Gasteiger partial charge >= 0.3 is 12.3 Å². The van der Waals surface area contributed by atoms with E-state index in [0.717, 1.165) is 12.1 Å².